The number of nitrogens with zero attached hydrogens (tertiary/aromatic N) is 3. The monoisotopic (exact) mass is 529 g/mol. The highest BCUT2D eigenvalue weighted by molar-refractivity contribution is 5.87. The van der Waals surface area contributed by atoms with E-state index in [2.05, 4.69) is 17.0 Å². The summed E-state index contributed by atoms with van der Waals surface area (Å²) in [4.78, 5) is 52.8. The lowest BCUT2D eigenvalue weighted by Gasteiger charge is -2.44. The van der Waals surface area contributed by atoms with E-state index in [0.29, 0.717) is 57.9 Å². The zero-order valence-corrected chi connectivity index (χ0v) is 23.7. The molecule has 0 saturated carbocycles. The van der Waals surface area contributed by atoms with E-state index in [1.165, 1.54) is 5.56 Å². The standard InChI is InChI=1S/C19H26N2O3.C10H17NO3/c1-19(2,3)24-18(23)21-12-15-10-20(11-16(13-21)17(15)22)9-14-7-5-4-6-8-14;1-10(2,3)14-9(13)11-6-4-8(12)5-7-11/h4-8,15-16H,9-13H2,1-3H3;4-7H2,1-3H3. The molecule has 0 spiro atoms. The van der Waals surface area contributed by atoms with Crippen LogP contribution in [0.25, 0.3) is 0 Å². The van der Waals surface area contributed by atoms with Crippen LogP contribution in [0.5, 0.6) is 0 Å². The maximum atomic E-state index is 12.5. The van der Waals surface area contributed by atoms with E-state index in [-0.39, 0.29) is 29.8 Å². The van der Waals surface area contributed by atoms with Crippen LogP contribution in [-0.2, 0) is 25.6 Å². The Morgan fingerprint density at radius 3 is 1.71 bits per heavy atom. The summed E-state index contributed by atoms with van der Waals surface area (Å²) in [7, 11) is 0. The van der Waals surface area contributed by atoms with Crippen LogP contribution >= 0.6 is 0 Å². The molecule has 3 fully saturated rings. The fourth-order valence-electron chi connectivity index (χ4n) is 4.82. The maximum absolute atomic E-state index is 12.5. The summed E-state index contributed by atoms with van der Waals surface area (Å²) >= 11 is 0. The number of ketones is 2. The Bertz CT molecular complexity index is 970. The van der Waals surface area contributed by atoms with Crippen molar-refractivity contribution in [3.8, 4) is 0 Å². The predicted octanol–water partition coefficient (Wildman–Crippen LogP) is 4.14. The van der Waals surface area contributed by atoms with Gasteiger partial charge in [-0.25, -0.2) is 9.59 Å². The molecule has 210 valence electrons. The smallest absolute Gasteiger partial charge is 0.410 e. The van der Waals surface area contributed by atoms with Gasteiger partial charge in [0.2, 0.25) is 0 Å². The van der Waals surface area contributed by atoms with Gasteiger partial charge in [0.15, 0.2) is 0 Å². The minimum absolute atomic E-state index is 0.103. The number of benzene rings is 1. The second-order valence-electron chi connectivity index (χ2n) is 12.4. The lowest BCUT2D eigenvalue weighted by Crippen LogP contribution is -2.59. The lowest BCUT2D eigenvalue weighted by molar-refractivity contribution is -0.137. The third kappa shape index (κ3) is 9.11. The molecule has 2 atom stereocenters. The van der Waals surface area contributed by atoms with E-state index in [1.54, 1.807) is 9.80 Å². The number of rotatable bonds is 2. The van der Waals surface area contributed by atoms with Gasteiger partial charge < -0.3 is 19.3 Å². The molecule has 0 aliphatic carbocycles. The van der Waals surface area contributed by atoms with Crippen LogP contribution in [0.15, 0.2) is 30.3 Å². The van der Waals surface area contributed by atoms with Gasteiger partial charge >= 0.3 is 12.2 Å². The molecule has 2 bridgehead atoms. The van der Waals surface area contributed by atoms with Crippen molar-refractivity contribution in [2.75, 3.05) is 39.3 Å². The van der Waals surface area contributed by atoms with Crippen LogP contribution < -0.4 is 0 Å². The van der Waals surface area contributed by atoms with Crippen LogP contribution in [0.2, 0.25) is 0 Å². The third-order valence-electron chi connectivity index (χ3n) is 6.52. The molecule has 2 amide bonds. The molecule has 4 rings (SSSR count). The largest absolute Gasteiger partial charge is 0.444 e. The van der Waals surface area contributed by atoms with E-state index in [1.807, 2.05) is 59.7 Å². The molecular weight excluding hydrogens is 486 g/mol. The second-order valence-corrected chi connectivity index (χ2v) is 12.4. The number of Topliss-reactive ketones (excluding diaryl/α,β-unsaturated/α-hetero) is 2. The summed E-state index contributed by atoms with van der Waals surface area (Å²) in [6, 6.07) is 10.3. The van der Waals surface area contributed by atoms with E-state index < -0.39 is 11.2 Å². The van der Waals surface area contributed by atoms with Crippen molar-refractivity contribution in [1.29, 1.82) is 0 Å². The second kappa shape index (κ2) is 12.3. The fourth-order valence-corrected chi connectivity index (χ4v) is 4.82. The van der Waals surface area contributed by atoms with Crippen molar-refractivity contribution in [2.45, 2.75) is 72.1 Å². The Hall–Kier alpha value is -2.94. The van der Waals surface area contributed by atoms with Crippen LogP contribution in [-0.4, -0.2) is 88.9 Å². The van der Waals surface area contributed by atoms with E-state index in [9.17, 15) is 19.2 Å². The summed E-state index contributed by atoms with van der Waals surface area (Å²) in [5, 5.41) is 0. The van der Waals surface area contributed by atoms with Gasteiger partial charge in [-0.2, -0.15) is 0 Å². The predicted molar refractivity (Wildman–Crippen MR) is 144 cm³/mol. The highest BCUT2D eigenvalue weighted by Crippen LogP contribution is 2.27. The first kappa shape index (κ1) is 29.6. The summed E-state index contributed by atoms with van der Waals surface area (Å²) in [5.74, 6) is 0.325. The fraction of sp³-hybridized carbons (Fsp3) is 0.655. The SMILES string of the molecule is CC(C)(C)OC(=O)N1CC2CN(Cc3ccccc3)CC(C1)C2=O.CC(C)(C)OC(=O)N1CCC(=O)CC1. The minimum Gasteiger partial charge on any atom is -0.444 e. The molecular formula is C29H43N3O6. The van der Waals surface area contributed by atoms with Gasteiger partial charge in [-0.15, -0.1) is 0 Å². The van der Waals surface area contributed by atoms with Crippen molar-refractivity contribution < 1.29 is 28.7 Å². The molecule has 3 aliphatic rings. The zero-order valence-electron chi connectivity index (χ0n) is 23.7. The molecule has 3 heterocycles. The first-order valence-corrected chi connectivity index (χ1v) is 13.5. The van der Waals surface area contributed by atoms with Gasteiger partial charge in [0.05, 0.1) is 0 Å². The van der Waals surface area contributed by atoms with Crippen LogP contribution in [0.4, 0.5) is 9.59 Å². The van der Waals surface area contributed by atoms with Gasteiger partial charge in [0, 0.05) is 70.5 Å². The van der Waals surface area contributed by atoms with Gasteiger partial charge in [-0.05, 0) is 47.1 Å². The molecule has 3 aliphatic heterocycles. The van der Waals surface area contributed by atoms with Crippen LogP contribution in [0.3, 0.4) is 0 Å². The molecule has 1 aromatic carbocycles. The van der Waals surface area contributed by atoms with Crippen LogP contribution in [0, 0.1) is 11.8 Å². The summed E-state index contributed by atoms with van der Waals surface area (Å²) in [5.41, 5.74) is 0.292. The van der Waals surface area contributed by atoms with Crippen molar-refractivity contribution in [1.82, 2.24) is 14.7 Å². The van der Waals surface area contributed by atoms with E-state index in [4.69, 9.17) is 9.47 Å². The Balaban J connectivity index is 0.000000244. The van der Waals surface area contributed by atoms with Crippen molar-refractivity contribution in [3.05, 3.63) is 35.9 Å². The van der Waals surface area contributed by atoms with Gasteiger partial charge in [-0.1, -0.05) is 30.3 Å². The van der Waals surface area contributed by atoms with Gasteiger partial charge in [0.1, 0.15) is 22.8 Å². The average Bonchev–Trinajstić information content (AvgIpc) is 2.79. The quantitative estimate of drug-likeness (QED) is 0.568. The number of ether oxygens (including phenoxy) is 2. The summed E-state index contributed by atoms with van der Waals surface area (Å²) < 4.78 is 10.7. The molecule has 0 aromatic heterocycles. The van der Waals surface area contributed by atoms with E-state index >= 15 is 0 Å². The number of carbonyl (C=O) groups excluding carboxylic acids is 4. The Morgan fingerprint density at radius 1 is 0.763 bits per heavy atom. The number of amides is 2. The Labute approximate surface area is 226 Å². The Kier molecular flexibility index (Phi) is 9.57. The van der Waals surface area contributed by atoms with Gasteiger partial charge in [-0.3, -0.25) is 14.5 Å². The normalized spacial score (nSPS) is 22.4. The van der Waals surface area contributed by atoms with Crippen molar-refractivity contribution in [3.63, 3.8) is 0 Å². The number of fused-ring (bicyclic) bond motifs is 2. The molecule has 9 heteroatoms. The zero-order chi connectivity index (χ0) is 28.1. The average molecular weight is 530 g/mol. The molecule has 3 saturated heterocycles. The molecule has 0 radical (unpaired) electrons. The van der Waals surface area contributed by atoms with Gasteiger partial charge in [0.25, 0.3) is 0 Å². The number of hydrogen-bond acceptors (Lipinski definition) is 7. The topological polar surface area (TPSA) is 96.5 Å². The van der Waals surface area contributed by atoms with E-state index in [0.717, 1.165) is 6.54 Å². The summed E-state index contributed by atoms with van der Waals surface area (Å²) in [6.07, 6.45) is 0.296. The molecule has 9 nitrogen and oxygen atoms in total. The molecule has 2 unspecified atom stereocenters. The Morgan fingerprint density at radius 2 is 1.24 bits per heavy atom. The molecule has 0 N–H and O–H groups in total. The number of carbonyl (C=O) groups is 4. The number of likely N-dealkylation sites (tertiary alicyclic amines) is 3. The molecule has 38 heavy (non-hydrogen) atoms. The minimum atomic E-state index is -0.507. The first-order valence-electron chi connectivity index (χ1n) is 13.5. The number of hydrogen-bond donors (Lipinski definition) is 0. The maximum Gasteiger partial charge on any atom is 0.410 e. The number of piperidine rings is 3. The van der Waals surface area contributed by atoms with Crippen LogP contribution in [0.1, 0.15) is 59.9 Å². The highest BCUT2D eigenvalue weighted by Gasteiger charge is 2.43. The first-order chi connectivity index (χ1) is 17.7. The molecule has 1 aromatic rings. The lowest BCUT2D eigenvalue weighted by atomic mass is 9.83. The van der Waals surface area contributed by atoms with Crippen molar-refractivity contribution >= 4 is 23.8 Å². The summed E-state index contributed by atoms with van der Waals surface area (Å²) in [6.45, 7) is 15.3. The van der Waals surface area contributed by atoms with Crippen molar-refractivity contribution in [2.24, 2.45) is 11.8 Å². The third-order valence-corrected chi connectivity index (χ3v) is 6.52. The highest BCUT2D eigenvalue weighted by atomic mass is 16.6.